The number of carbonyl (C=O) groups excluding carboxylic acids is 1. The van der Waals surface area contributed by atoms with Crippen LogP contribution < -0.4 is 10.6 Å². The third-order valence-electron chi connectivity index (χ3n) is 1.88. The van der Waals surface area contributed by atoms with E-state index in [9.17, 15) is 9.18 Å². The van der Waals surface area contributed by atoms with Gasteiger partial charge in [0.1, 0.15) is 11.0 Å². The number of rotatable bonds is 2. The molecule has 0 spiro atoms. The number of anilines is 2. The molecule has 2 amide bonds. The Kier molecular flexibility index (Phi) is 3.24. The van der Waals surface area contributed by atoms with E-state index in [0.717, 1.165) is 0 Å². The number of nitrogens with zero attached hydrogens (tertiary/aromatic N) is 1. The Labute approximate surface area is 101 Å². The number of nitrogens with one attached hydrogen (secondary N) is 3. The van der Waals surface area contributed by atoms with Crippen LogP contribution >= 0.6 is 11.6 Å². The van der Waals surface area contributed by atoms with Crippen LogP contribution in [0.15, 0.2) is 30.5 Å². The van der Waals surface area contributed by atoms with Gasteiger partial charge in [0, 0.05) is 5.69 Å². The molecule has 0 radical (unpaired) electrons. The first kappa shape index (κ1) is 11.4. The predicted molar refractivity (Wildman–Crippen MR) is 62.6 cm³/mol. The number of urea groups is 1. The normalized spacial score (nSPS) is 10.0. The van der Waals surface area contributed by atoms with Crippen molar-refractivity contribution < 1.29 is 9.18 Å². The number of H-pyrrole nitrogens is 1. The largest absolute Gasteiger partial charge is 0.326 e. The highest BCUT2D eigenvalue weighted by Gasteiger charge is 2.05. The van der Waals surface area contributed by atoms with Gasteiger partial charge in [0.05, 0.1) is 6.20 Å². The van der Waals surface area contributed by atoms with Crippen molar-refractivity contribution in [3.63, 3.8) is 0 Å². The second-order valence-electron chi connectivity index (χ2n) is 3.17. The van der Waals surface area contributed by atoms with Crippen molar-refractivity contribution in [1.82, 2.24) is 9.97 Å². The lowest BCUT2D eigenvalue weighted by atomic mass is 10.3. The Morgan fingerprint density at radius 3 is 2.59 bits per heavy atom. The van der Waals surface area contributed by atoms with Gasteiger partial charge < -0.3 is 10.3 Å². The van der Waals surface area contributed by atoms with Gasteiger partial charge in [0.25, 0.3) is 0 Å². The molecule has 1 aromatic carbocycles. The molecule has 2 aromatic rings. The molecular formula is C10H8ClFN4O. The molecule has 0 aliphatic carbocycles. The van der Waals surface area contributed by atoms with Gasteiger partial charge in [-0.05, 0) is 24.3 Å². The minimum absolute atomic E-state index is 0.231. The Morgan fingerprint density at radius 2 is 2.00 bits per heavy atom. The SMILES string of the molecule is O=C(Nc1ccc(F)cc1)Nc1ncc(Cl)[nH]1. The Balaban J connectivity index is 1.95. The molecule has 7 heteroatoms. The minimum atomic E-state index is -0.498. The first-order valence-electron chi connectivity index (χ1n) is 4.67. The third-order valence-corrected chi connectivity index (χ3v) is 2.07. The van der Waals surface area contributed by atoms with Crippen LogP contribution in [0.2, 0.25) is 5.15 Å². The number of aromatic nitrogens is 2. The van der Waals surface area contributed by atoms with E-state index in [1.807, 2.05) is 0 Å². The number of aromatic amines is 1. The molecule has 0 unspecified atom stereocenters. The topological polar surface area (TPSA) is 69.8 Å². The van der Waals surface area contributed by atoms with Crippen LogP contribution in [0.25, 0.3) is 0 Å². The van der Waals surface area contributed by atoms with Gasteiger partial charge in [-0.25, -0.2) is 14.2 Å². The number of hydrogen-bond acceptors (Lipinski definition) is 2. The van der Waals surface area contributed by atoms with Crippen molar-refractivity contribution in [3.8, 4) is 0 Å². The molecule has 5 nitrogen and oxygen atoms in total. The van der Waals surface area contributed by atoms with E-state index in [1.54, 1.807) is 0 Å². The van der Waals surface area contributed by atoms with Crippen molar-refractivity contribution in [2.45, 2.75) is 0 Å². The summed E-state index contributed by atoms with van der Waals surface area (Å²) in [5, 5.41) is 5.26. The number of carbonyl (C=O) groups is 1. The molecule has 3 N–H and O–H groups in total. The van der Waals surface area contributed by atoms with Crippen molar-refractivity contribution in [2.75, 3.05) is 10.6 Å². The number of halogens is 2. The van der Waals surface area contributed by atoms with Crippen molar-refractivity contribution in [3.05, 3.63) is 41.4 Å². The van der Waals surface area contributed by atoms with Crippen molar-refractivity contribution >= 4 is 29.3 Å². The molecule has 2 rings (SSSR count). The number of benzene rings is 1. The lowest BCUT2D eigenvalue weighted by Gasteiger charge is -2.04. The highest BCUT2D eigenvalue weighted by atomic mass is 35.5. The zero-order chi connectivity index (χ0) is 12.3. The zero-order valence-corrected chi connectivity index (χ0v) is 9.25. The van der Waals surface area contributed by atoms with Crippen LogP contribution in [-0.2, 0) is 0 Å². The summed E-state index contributed by atoms with van der Waals surface area (Å²) in [5.74, 6) is -0.136. The van der Waals surface area contributed by atoms with Gasteiger partial charge in [0.2, 0.25) is 5.95 Å². The summed E-state index contributed by atoms with van der Waals surface area (Å²) in [6, 6.07) is 4.90. The van der Waals surface area contributed by atoms with Crippen LogP contribution in [0.4, 0.5) is 20.8 Å². The van der Waals surface area contributed by atoms with Gasteiger partial charge in [-0.2, -0.15) is 0 Å². The molecule has 0 aliphatic heterocycles. The van der Waals surface area contributed by atoms with E-state index < -0.39 is 6.03 Å². The number of amides is 2. The van der Waals surface area contributed by atoms with Crippen LogP contribution in [0.3, 0.4) is 0 Å². The van der Waals surface area contributed by atoms with Crippen LogP contribution in [0, 0.1) is 5.82 Å². The lowest BCUT2D eigenvalue weighted by Crippen LogP contribution is -2.20. The molecule has 0 saturated heterocycles. The van der Waals surface area contributed by atoms with Crippen molar-refractivity contribution in [2.24, 2.45) is 0 Å². The van der Waals surface area contributed by atoms with E-state index in [-0.39, 0.29) is 11.8 Å². The standard InChI is InChI=1S/C10H8ClFN4O/c11-8-5-13-9(15-8)16-10(17)14-7-3-1-6(12)2-4-7/h1-5H,(H3,13,14,15,16,17). The molecule has 0 saturated carbocycles. The highest BCUT2D eigenvalue weighted by molar-refractivity contribution is 6.29. The second kappa shape index (κ2) is 4.84. The number of hydrogen-bond donors (Lipinski definition) is 3. The molecule has 1 heterocycles. The number of imidazole rings is 1. The molecule has 0 atom stereocenters. The predicted octanol–water partition coefficient (Wildman–Crippen LogP) is 2.85. The quantitative estimate of drug-likeness (QED) is 0.771. The maximum atomic E-state index is 12.6. The maximum Gasteiger partial charge on any atom is 0.326 e. The van der Waals surface area contributed by atoms with Gasteiger partial charge >= 0.3 is 6.03 Å². The second-order valence-corrected chi connectivity index (χ2v) is 3.57. The zero-order valence-electron chi connectivity index (χ0n) is 8.50. The molecular weight excluding hydrogens is 247 g/mol. The monoisotopic (exact) mass is 254 g/mol. The Hall–Kier alpha value is -2.08. The summed E-state index contributed by atoms with van der Waals surface area (Å²) in [5.41, 5.74) is 0.474. The fourth-order valence-electron chi connectivity index (χ4n) is 1.17. The average molecular weight is 255 g/mol. The van der Waals surface area contributed by atoms with Crippen LogP contribution in [-0.4, -0.2) is 16.0 Å². The average Bonchev–Trinajstić information content (AvgIpc) is 2.67. The van der Waals surface area contributed by atoms with Crippen molar-refractivity contribution in [1.29, 1.82) is 0 Å². The fraction of sp³-hybridized carbons (Fsp3) is 0. The molecule has 1 aromatic heterocycles. The van der Waals surface area contributed by atoms with E-state index in [4.69, 9.17) is 11.6 Å². The Bertz CT molecular complexity index is 525. The van der Waals surface area contributed by atoms with E-state index >= 15 is 0 Å². The summed E-state index contributed by atoms with van der Waals surface area (Å²) >= 11 is 5.59. The van der Waals surface area contributed by atoms with E-state index in [0.29, 0.717) is 10.8 Å². The summed E-state index contributed by atoms with van der Waals surface area (Å²) in [6.45, 7) is 0. The smallest absolute Gasteiger partial charge is 0.315 e. The van der Waals surface area contributed by atoms with Crippen LogP contribution in [0.1, 0.15) is 0 Å². The van der Waals surface area contributed by atoms with Crippen LogP contribution in [0.5, 0.6) is 0 Å². The van der Waals surface area contributed by atoms with Gasteiger partial charge in [-0.1, -0.05) is 11.6 Å². The van der Waals surface area contributed by atoms with Gasteiger partial charge in [-0.15, -0.1) is 0 Å². The summed E-state index contributed by atoms with van der Waals surface area (Å²) in [7, 11) is 0. The first-order valence-corrected chi connectivity index (χ1v) is 5.05. The molecule has 0 fully saturated rings. The molecule has 17 heavy (non-hydrogen) atoms. The third kappa shape index (κ3) is 3.18. The summed E-state index contributed by atoms with van der Waals surface area (Å²) < 4.78 is 12.6. The van der Waals surface area contributed by atoms with Gasteiger partial charge in [-0.3, -0.25) is 5.32 Å². The van der Waals surface area contributed by atoms with E-state index in [1.165, 1.54) is 30.5 Å². The molecule has 88 valence electrons. The fourth-order valence-corrected chi connectivity index (χ4v) is 1.30. The Morgan fingerprint density at radius 1 is 1.29 bits per heavy atom. The summed E-state index contributed by atoms with van der Waals surface area (Å²) in [4.78, 5) is 17.9. The highest BCUT2D eigenvalue weighted by Crippen LogP contribution is 2.10. The van der Waals surface area contributed by atoms with E-state index in [2.05, 4.69) is 20.6 Å². The van der Waals surface area contributed by atoms with Gasteiger partial charge in [0.15, 0.2) is 0 Å². The maximum absolute atomic E-state index is 12.6. The summed E-state index contributed by atoms with van der Waals surface area (Å²) in [6.07, 6.45) is 1.37. The molecule has 0 bridgehead atoms. The lowest BCUT2D eigenvalue weighted by molar-refractivity contribution is 0.262. The first-order chi connectivity index (χ1) is 8.13. The molecule has 0 aliphatic rings. The minimum Gasteiger partial charge on any atom is -0.315 e.